The highest BCUT2D eigenvalue weighted by Crippen LogP contribution is 2.25. The number of carboxylic acids is 1. The highest BCUT2D eigenvalue weighted by atomic mass is 79.9. The average Bonchev–Trinajstić information content (AvgIpc) is 2.93. The fraction of sp³-hybridized carbons (Fsp3) is 0.0769. The second kappa shape index (κ2) is 6.93. The summed E-state index contributed by atoms with van der Waals surface area (Å²) in [7, 11) is 0. The Hall–Kier alpha value is -1.57. The Morgan fingerprint density at radius 2 is 2.10 bits per heavy atom. The molecule has 2 amide bonds. The Balaban J connectivity index is 2.06. The quantitative estimate of drug-likeness (QED) is 0.736. The van der Waals surface area contributed by atoms with Crippen LogP contribution in [0.15, 0.2) is 40.2 Å². The fourth-order valence-electron chi connectivity index (χ4n) is 1.58. The standard InChI is InChI=1S/C13H10BrClN2O3S/c14-8-4-3-7(6-9(8)15)16-13(20)17-11(12(18)19)10-2-1-5-21-10/h1-6,11H,(H,18,19)(H2,16,17,20). The van der Waals surface area contributed by atoms with Gasteiger partial charge in [-0.25, -0.2) is 9.59 Å². The molecule has 0 saturated carbocycles. The smallest absolute Gasteiger partial charge is 0.331 e. The van der Waals surface area contributed by atoms with E-state index in [2.05, 4.69) is 26.6 Å². The van der Waals surface area contributed by atoms with Crippen LogP contribution in [0.3, 0.4) is 0 Å². The lowest BCUT2D eigenvalue weighted by Crippen LogP contribution is -2.36. The number of anilines is 1. The van der Waals surface area contributed by atoms with Gasteiger partial charge in [0, 0.05) is 15.0 Å². The maximum absolute atomic E-state index is 11.9. The molecule has 0 aliphatic heterocycles. The Bertz CT molecular complexity index is 663. The van der Waals surface area contributed by atoms with Crippen molar-refractivity contribution in [3.05, 3.63) is 50.1 Å². The van der Waals surface area contributed by atoms with Crippen LogP contribution < -0.4 is 10.6 Å². The van der Waals surface area contributed by atoms with Gasteiger partial charge in [-0.15, -0.1) is 11.3 Å². The molecule has 0 spiro atoms. The zero-order valence-corrected chi connectivity index (χ0v) is 13.6. The summed E-state index contributed by atoms with van der Waals surface area (Å²) in [5, 5.41) is 16.3. The number of nitrogens with one attached hydrogen (secondary N) is 2. The number of carbonyl (C=O) groups is 2. The van der Waals surface area contributed by atoms with Crippen molar-refractivity contribution < 1.29 is 14.7 Å². The molecule has 5 nitrogen and oxygen atoms in total. The molecular formula is C13H10BrClN2O3S. The normalized spacial score (nSPS) is 11.7. The second-order valence-electron chi connectivity index (χ2n) is 4.01. The Kier molecular flexibility index (Phi) is 5.22. The van der Waals surface area contributed by atoms with E-state index in [1.165, 1.54) is 11.3 Å². The fourth-order valence-corrected chi connectivity index (χ4v) is 2.78. The molecule has 2 rings (SSSR count). The van der Waals surface area contributed by atoms with Crippen LogP contribution >= 0.6 is 38.9 Å². The first-order valence-electron chi connectivity index (χ1n) is 5.76. The van der Waals surface area contributed by atoms with Crippen molar-refractivity contribution in [2.75, 3.05) is 5.32 Å². The minimum atomic E-state index is -1.12. The average molecular weight is 390 g/mol. The molecule has 1 aromatic carbocycles. The van der Waals surface area contributed by atoms with Crippen LogP contribution in [0, 0.1) is 0 Å². The van der Waals surface area contributed by atoms with Crippen LogP contribution in [-0.4, -0.2) is 17.1 Å². The summed E-state index contributed by atoms with van der Waals surface area (Å²) in [6.07, 6.45) is 0. The Labute approximate surface area is 138 Å². The largest absolute Gasteiger partial charge is 0.479 e. The van der Waals surface area contributed by atoms with Crippen LogP contribution in [0.1, 0.15) is 10.9 Å². The zero-order chi connectivity index (χ0) is 15.4. The lowest BCUT2D eigenvalue weighted by molar-refractivity contribution is -0.139. The van der Waals surface area contributed by atoms with Crippen molar-refractivity contribution >= 4 is 56.6 Å². The van der Waals surface area contributed by atoms with Gasteiger partial charge < -0.3 is 15.7 Å². The van der Waals surface area contributed by atoms with E-state index in [4.69, 9.17) is 11.6 Å². The number of carboxylic acid groups (broad SMARTS) is 1. The van der Waals surface area contributed by atoms with Crippen molar-refractivity contribution in [1.82, 2.24) is 5.32 Å². The van der Waals surface area contributed by atoms with E-state index in [1.807, 2.05) is 0 Å². The number of thiophene rings is 1. The number of amides is 2. The molecule has 1 atom stereocenters. The molecule has 2 aromatic rings. The molecule has 0 saturated heterocycles. The van der Waals surface area contributed by atoms with Gasteiger partial charge in [0.25, 0.3) is 0 Å². The van der Waals surface area contributed by atoms with Crippen LogP contribution in [-0.2, 0) is 4.79 Å². The predicted molar refractivity (Wildman–Crippen MR) is 86.0 cm³/mol. The zero-order valence-electron chi connectivity index (χ0n) is 10.5. The third kappa shape index (κ3) is 4.20. The molecule has 0 radical (unpaired) electrons. The number of hydrogen-bond acceptors (Lipinski definition) is 3. The first-order valence-corrected chi connectivity index (χ1v) is 7.81. The SMILES string of the molecule is O=C(Nc1ccc(Br)c(Cl)c1)NC(C(=O)O)c1cccs1. The highest BCUT2D eigenvalue weighted by Gasteiger charge is 2.22. The Morgan fingerprint density at radius 3 is 2.67 bits per heavy atom. The van der Waals surface area contributed by atoms with Gasteiger partial charge in [0.15, 0.2) is 6.04 Å². The molecule has 110 valence electrons. The third-order valence-corrected chi connectivity index (χ3v) is 4.70. The van der Waals surface area contributed by atoms with Gasteiger partial charge in [0.05, 0.1) is 5.02 Å². The molecule has 0 aliphatic rings. The first-order chi connectivity index (χ1) is 9.97. The van der Waals surface area contributed by atoms with Crippen LogP contribution in [0.2, 0.25) is 5.02 Å². The number of halogens is 2. The molecular weight excluding hydrogens is 380 g/mol. The molecule has 3 N–H and O–H groups in total. The van der Waals surface area contributed by atoms with Crippen molar-refractivity contribution in [2.24, 2.45) is 0 Å². The van der Waals surface area contributed by atoms with Gasteiger partial charge in [-0.05, 0) is 45.6 Å². The second-order valence-corrected chi connectivity index (χ2v) is 6.25. The summed E-state index contributed by atoms with van der Waals surface area (Å²) >= 11 is 10.4. The van der Waals surface area contributed by atoms with Crippen molar-refractivity contribution in [2.45, 2.75) is 6.04 Å². The molecule has 0 fully saturated rings. The lowest BCUT2D eigenvalue weighted by atomic mass is 10.2. The molecule has 0 aliphatic carbocycles. The number of carbonyl (C=O) groups excluding carboxylic acids is 1. The van der Waals surface area contributed by atoms with Crippen molar-refractivity contribution in [3.8, 4) is 0 Å². The van der Waals surface area contributed by atoms with Gasteiger partial charge >= 0.3 is 12.0 Å². The molecule has 1 aromatic heterocycles. The van der Waals surface area contributed by atoms with Crippen molar-refractivity contribution in [3.63, 3.8) is 0 Å². The molecule has 21 heavy (non-hydrogen) atoms. The lowest BCUT2D eigenvalue weighted by Gasteiger charge is -2.14. The van der Waals surface area contributed by atoms with Crippen LogP contribution in [0.4, 0.5) is 10.5 Å². The number of urea groups is 1. The van der Waals surface area contributed by atoms with Crippen LogP contribution in [0.5, 0.6) is 0 Å². The Morgan fingerprint density at radius 1 is 1.33 bits per heavy atom. The maximum Gasteiger partial charge on any atom is 0.331 e. The van der Waals surface area contributed by atoms with E-state index in [-0.39, 0.29) is 0 Å². The summed E-state index contributed by atoms with van der Waals surface area (Å²) in [4.78, 5) is 23.7. The van der Waals surface area contributed by atoms with Gasteiger partial charge in [0.1, 0.15) is 0 Å². The molecule has 1 unspecified atom stereocenters. The number of aliphatic carboxylic acids is 1. The minimum absolute atomic E-state index is 0.445. The number of rotatable bonds is 4. The molecule has 1 heterocycles. The molecule has 0 bridgehead atoms. The van der Waals surface area contributed by atoms with E-state index in [9.17, 15) is 14.7 Å². The number of hydrogen-bond donors (Lipinski definition) is 3. The van der Waals surface area contributed by atoms with Crippen LogP contribution in [0.25, 0.3) is 0 Å². The summed E-state index contributed by atoms with van der Waals surface area (Å²) in [6.45, 7) is 0. The summed E-state index contributed by atoms with van der Waals surface area (Å²) < 4.78 is 0.706. The molecule has 8 heteroatoms. The minimum Gasteiger partial charge on any atom is -0.479 e. The van der Waals surface area contributed by atoms with E-state index in [1.54, 1.807) is 35.7 Å². The topological polar surface area (TPSA) is 78.4 Å². The van der Waals surface area contributed by atoms with E-state index in [0.29, 0.717) is 20.1 Å². The monoisotopic (exact) mass is 388 g/mol. The summed E-state index contributed by atoms with van der Waals surface area (Å²) in [6, 6.07) is 6.57. The van der Waals surface area contributed by atoms with E-state index >= 15 is 0 Å². The summed E-state index contributed by atoms with van der Waals surface area (Å²) in [5.74, 6) is -1.12. The highest BCUT2D eigenvalue weighted by molar-refractivity contribution is 9.10. The van der Waals surface area contributed by atoms with E-state index in [0.717, 1.165) is 0 Å². The van der Waals surface area contributed by atoms with Gasteiger partial charge in [-0.1, -0.05) is 17.7 Å². The number of benzene rings is 1. The first kappa shape index (κ1) is 15.8. The van der Waals surface area contributed by atoms with Crippen molar-refractivity contribution in [1.29, 1.82) is 0 Å². The van der Waals surface area contributed by atoms with E-state index < -0.39 is 18.0 Å². The third-order valence-electron chi connectivity index (χ3n) is 2.53. The van der Waals surface area contributed by atoms with Gasteiger partial charge in [-0.2, -0.15) is 0 Å². The maximum atomic E-state index is 11.9. The predicted octanol–water partition coefficient (Wildman–Crippen LogP) is 4.11. The van der Waals surface area contributed by atoms with Gasteiger partial charge in [0.2, 0.25) is 0 Å². The summed E-state index contributed by atoms with van der Waals surface area (Å²) in [5.41, 5.74) is 0.469. The van der Waals surface area contributed by atoms with Gasteiger partial charge in [-0.3, -0.25) is 0 Å².